The first-order valence-corrected chi connectivity index (χ1v) is 14.7. The summed E-state index contributed by atoms with van der Waals surface area (Å²) in [5.41, 5.74) is 10.7. The second-order valence-corrected chi connectivity index (χ2v) is 10.7. The predicted octanol–water partition coefficient (Wildman–Crippen LogP) is 3.41. The number of benzene rings is 4. The summed E-state index contributed by atoms with van der Waals surface area (Å²) in [5.74, 6) is -1.58. The molecular formula is C35H35N7O3. The van der Waals surface area contributed by atoms with Gasteiger partial charge in [0.15, 0.2) is 0 Å². The fraction of sp³-hybridized carbons (Fsp3) is 0.171. The Morgan fingerprint density at radius 2 is 1.29 bits per heavy atom. The summed E-state index contributed by atoms with van der Waals surface area (Å²) in [6, 6.07) is 35.8. The van der Waals surface area contributed by atoms with Crippen molar-refractivity contribution in [2.75, 3.05) is 6.54 Å². The van der Waals surface area contributed by atoms with E-state index in [0.717, 1.165) is 30.0 Å². The van der Waals surface area contributed by atoms with Gasteiger partial charge in [-0.3, -0.25) is 19.3 Å². The summed E-state index contributed by atoms with van der Waals surface area (Å²) in [4.78, 5) is 39.3. The first-order chi connectivity index (χ1) is 21.9. The Kier molecular flexibility index (Phi) is 10.4. The lowest BCUT2D eigenvalue weighted by Crippen LogP contribution is -2.49. The van der Waals surface area contributed by atoms with E-state index in [1.807, 2.05) is 72.9 Å². The number of amides is 3. The maximum Gasteiger partial charge on any atom is 0.251 e. The van der Waals surface area contributed by atoms with Crippen LogP contribution in [0.2, 0.25) is 0 Å². The molecule has 0 fully saturated rings. The van der Waals surface area contributed by atoms with Crippen molar-refractivity contribution in [3.63, 3.8) is 0 Å². The second kappa shape index (κ2) is 15.2. The number of hydrogen-bond acceptors (Lipinski definition) is 6. The van der Waals surface area contributed by atoms with Crippen LogP contribution in [-0.4, -0.2) is 50.2 Å². The molecule has 0 saturated carbocycles. The van der Waals surface area contributed by atoms with Gasteiger partial charge in [-0.25, -0.2) is 4.68 Å². The Labute approximate surface area is 261 Å². The maximum absolute atomic E-state index is 12.7. The van der Waals surface area contributed by atoms with Crippen molar-refractivity contribution in [2.45, 2.75) is 32.1 Å². The molecule has 0 aliphatic rings. The van der Waals surface area contributed by atoms with Gasteiger partial charge in [0.1, 0.15) is 6.04 Å². The largest absolute Gasteiger partial charge is 0.368 e. The second-order valence-electron chi connectivity index (χ2n) is 10.7. The summed E-state index contributed by atoms with van der Waals surface area (Å²) in [5, 5.41) is 13.9. The lowest BCUT2D eigenvalue weighted by Gasteiger charge is -2.21. The lowest BCUT2D eigenvalue weighted by molar-refractivity contribution is -0.126. The molecule has 228 valence electrons. The SMILES string of the molecule is NC(=O)C(Cc1ccccc1)NC(=O)CNC(=O)c1ccc(-n2cc(CN(Cc3ccccc3)Cc3ccccc3)nn2)cc1. The number of primary amides is 1. The van der Waals surface area contributed by atoms with E-state index in [1.165, 1.54) is 11.1 Å². The quantitative estimate of drug-likeness (QED) is 0.179. The van der Waals surface area contributed by atoms with Crippen LogP contribution in [0.4, 0.5) is 0 Å². The van der Waals surface area contributed by atoms with Crippen molar-refractivity contribution in [2.24, 2.45) is 5.73 Å². The molecule has 1 atom stereocenters. The molecule has 0 aliphatic carbocycles. The third kappa shape index (κ3) is 9.19. The van der Waals surface area contributed by atoms with Crippen molar-refractivity contribution < 1.29 is 14.4 Å². The number of nitrogens with one attached hydrogen (secondary N) is 2. The topological polar surface area (TPSA) is 135 Å². The number of rotatable bonds is 14. The van der Waals surface area contributed by atoms with Gasteiger partial charge in [0.05, 0.1) is 24.1 Å². The number of nitrogens with two attached hydrogens (primary N) is 1. The highest BCUT2D eigenvalue weighted by Gasteiger charge is 2.19. The third-order valence-electron chi connectivity index (χ3n) is 7.19. The number of carbonyl (C=O) groups excluding carboxylic acids is 3. The Bertz CT molecular complexity index is 1650. The van der Waals surface area contributed by atoms with Crippen molar-refractivity contribution >= 4 is 17.7 Å². The van der Waals surface area contributed by atoms with Gasteiger partial charge in [0.25, 0.3) is 5.91 Å². The van der Waals surface area contributed by atoms with E-state index in [2.05, 4.69) is 50.1 Å². The van der Waals surface area contributed by atoms with Gasteiger partial charge in [-0.15, -0.1) is 5.10 Å². The zero-order valence-corrected chi connectivity index (χ0v) is 24.8. The molecule has 1 heterocycles. The van der Waals surface area contributed by atoms with Crippen LogP contribution in [0.5, 0.6) is 0 Å². The van der Waals surface area contributed by atoms with Crippen molar-refractivity contribution in [3.05, 3.63) is 149 Å². The van der Waals surface area contributed by atoms with E-state index in [1.54, 1.807) is 28.9 Å². The minimum atomic E-state index is -0.882. The summed E-state index contributed by atoms with van der Waals surface area (Å²) < 4.78 is 1.67. The highest BCUT2D eigenvalue weighted by atomic mass is 16.2. The molecule has 5 rings (SSSR count). The molecule has 10 heteroatoms. The van der Waals surface area contributed by atoms with Gasteiger partial charge in [-0.2, -0.15) is 0 Å². The average molecular weight is 602 g/mol. The first-order valence-electron chi connectivity index (χ1n) is 14.7. The molecule has 4 aromatic carbocycles. The Hall–Kier alpha value is -5.61. The van der Waals surface area contributed by atoms with Crippen LogP contribution in [0.1, 0.15) is 32.7 Å². The Morgan fingerprint density at radius 1 is 0.733 bits per heavy atom. The fourth-order valence-corrected chi connectivity index (χ4v) is 4.92. The Morgan fingerprint density at radius 3 is 1.84 bits per heavy atom. The third-order valence-corrected chi connectivity index (χ3v) is 7.19. The van der Waals surface area contributed by atoms with Crippen molar-refractivity contribution in [1.82, 2.24) is 30.5 Å². The van der Waals surface area contributed by atoms with Gasteiger partial charge in [0.2, 0.25) is 11.8 Å². The number of hydrogen-bond donors (Lipinski definition) is 3. The molecule has 3 amide bonds. The molecule has 0 bridgehead atoms. The highest BCUT2D eigenvalue weighted by Crippen LogP contribution is 2.15. The van der Waals surface area contributed by atoms with Crippen LogP contribution >= 0.6 is 0 Å². The molecule has 45 heavy (non-hydrogen) atoms. The van der Waals surface area contributed by atoms with Crippen LogP contribution in [0, 0.1) is 0 Å². The number of aromatic nitrogens is 3. The normalized spacial score (nSPS) is 11.6. The van der Waals surface area contributed by atoms with Gasteiger partial charge in [-0.05, 0) is 41.0 Å². The first kappa shape index (κ1) is 30.8. The fourth-order valence-electron chi connectivity index (χ4n) is 4.92. The molecular weight excluding hydrogens is 566 g/mol. The molecule has 5 aromatic rings. The number of nitrogens with zero attached hydrogens (tertiary/aromatic N) is 4. The van der Waals surface area contributed by atoms with Gasteiger partial charge in [-0.1, -0.05) is 96.2 Å². The molecule has 1 aromatic heterocycles. The summed E-state index contributed by atoms with van der Waals surface area (Å²) in [6.45, 7) is 1.84. The molecule has 0 spiro atoms. The smallest absolute Gasteiger partial charge is 0.251 e. The minimum Gasteiger partial charge on any atom is -0.368 e. The van der Waals surface area contributed by atoms with Gasteiger partial charge in [0, 0.05) is 31.6 Å². The summed E-state index contributed by atoms with van der Waals surface area (Å²) in [6.07, 6.45) is 2.15. The van der Waals surface area contributed by atoms with Crippen LogP contribution in [0.25, 0.3) is 5.69 Å². The van der Waals surface area contributed by atoms with E-state index in [0.29, 0.717) is 12.1 Å². The molecule has 0 radical (unpaired) electrons. The van der Waals surface area contributed by atoms with Crippen LogP contribution in [0.3, 0.4) is 0 Å². The molecule has 0 saturated heterocycles. The van der Waals surface area contributed by atoms with Crippen LogP contribution in [-0.2, 0) is 35.6 Å². The number of carbonyl (C=O) groups is 3. The summed E-state index contributed by atoms with van der Waals surface area (Å²) in [7, 11) is 0. The monoisotopic (exact) mass is 601 g/mol. The van der Waals surface area contributed by atoms with E-state index in [4.69, 9.17) is 5.73 Å². The standard InChI is InChI=1S/C35H35N7O3/c36-34(44)32(20-26-10-4-1-5-11-26)38-33(43)21-37-35(45)29-16-18-31(19-17-29)42-25-30(39-40-42)24-41(22-27-12-6-2-7-13-27)23-28-14-8-3-9-15-28/h1-19,25,32H,20-24H2,(H2,36,44)(H,37,45)(H,38,43). The van der Waals surface area contributed by atoms with Crippen molar-refractivity contribution in [3.8, 4) is 5.69 Å². The molecule has 1 unspecified atom stereocenters. The van der Waals surface area contributed by atoms with Gasteiger partial charge < -0.3 is 16.4 Å². The minimum absolute atomic E-state index is 0.263. The zero-order chi connectivity index (χ0) is 31.4. The zero-order valence-electron chi connectivity index (χ0n) is 24.8. The molecule has 4 N–H and O–H groups in total. The van der Waals surface area contributed by atoms with E-state index in [9.17, 15) is 14.4 Å². The van der Waals surface area contributed by atoms with Crippen LogP contribution in [0.15, 0.2) is 121 Å². The Balaban J connectivity index is 1.16. The molecule has 0 aliphatic heterocycles. The summed E-state index contributed by atoms with van der Waals surface area (Å²) >= 11 is 0. The van der Waals surface area contributed by atoms with E-state index in [-0.39, 0.29) is 13.0 Å². The maximum atomic E-state index is 12.7. The van der Waals surface area contributed by atoms with Crippen molar-refractivity contribution in [1.29, 1.82) is 0 Å². The highest BCUT2D eigenvalue weighted by molar-refractivity contribution is 5.97. The molecule has 10 nitrogen and oxygen atoms in total. The predicted molar refractivity (Wildman–Crippen MR) is 171 cm³/mol. The van der Waals surface area contributed by atoms with E-state index >= 15 is 0 Å². The van der Waals surface area contributed by atoms with Crippen LogP contribution < -0.4 is 16.4 Å². The lowest BCUT2D eigenvalue weighted by atomic mass is 10.1. The average Bonchev–Trinajstić information content (AvgIpc) is 3.53. The van der Waals surface area contributed by atoms with Gasteiger partial charge >= 0.3 is 0 Å². The van der Waals surface area contributed by atoms with E-state index < -0.39 is 23.8 Å².